The zero-order valence-electron chi connectivity index (χ0n) is 10.2. The summed E-state index contributed by atoms with van der Waals surface area (Å²) >= 11 is 0. The molecule has 1 saturated heterocycles. The summed E-state index contributed by atoms with van der Waals surface area (Å²) in [4.78, 5) is 38.0. The van der Waals surface area contributed by atoms with Gasteiger partial charge in [0.1, 0.15) is 12.7 Å². The average molecular weight is 261 g/mol. The standard InChI is InChI=1S/C10H15NO7/c1-15-5-7(16-2)6-17-10(14)18-11-8(12)3-4-9(11)13/h7H,3-6H2,1-2H3. The molecule has 0 aliphatic carbocycles. The number of carbonyl (C=O) groups is 3. The van der Waals surface area contributed by atoms with Gasteiger partial charge in [-0.25, -0.2) is 4.79 Å². The Morgan fingerprint density at radius 3 is 2.33 bits per heavy atom. The van der Waals surface area contributed by atoms with Crippen LogP contribution in [-0.2, 0) is 28.6 Å². The highest BCUT2D eigenvalue weighted by atomic mass is 16.8. The van der Waals surface area contributed by atoms with Crippen LogP contribution >= 0.6 is 0 Å². The Morgan fingerprint density at radius 1 is 1.22 bits per heavy atom. The van der Waals surface area contributed by atoms with E-state index in [-0.39, 0.29) is 26.1 Å². The zero-order valence-corrected chi connectivity index (χ0v) is 10.2. The van der Waals surface area contributed by atoms with Crippen molar-refractivity contribution < 1.29 is 33.4 Å². The Kier molecular flexibility index (Phi) is 5.53. The molecule has 0 aromatic rings. The summed E-state index contributed by atoms with van der Waals surface area (Å²) in [7, 11) is 2.91. The van der Waals surface area contributed by atoms with Crippen LogP contribution in [0.2, 0.25) is 0 Å². The van der Waals surface area contributed by atoms with Gasteiger partial charge in [-0.2, -0.15) is 0 Å². The van der Waals surface area contributed by atoms with Gasteiger partial charge in [-0.15, -0.1) is 0 Å². The van der Waals surface area contributed by atoms with Gasteiger partial charge in [-0.1, -0.05) is 5.06 Å². The fraction of sp³-hybridized carbons (Fsp3) is 0.700. The first kappa shape index (κ1) is 14.4. The highest BCUT2D eigenvalue weighted by molar-refractivity contribution is 6.01. The van der Waals surface area contributed by atoms with Crippen LogP contribution in [0.3, 0.4) is 0 Å². The number of methoxy groups -OCH3 is 2. The third kappa shape index (κ3) is 3.97. The minimum absolute atomic E-state index is 0.0382. The molecule has 1 fully saturated rings. The summed E-state index contributed by atoms with van der Waals surface area (Å²) in [6, 6.07) is 0. The van der Waals surface area contributed by atoms with Crippen LogP contribution in [0.1, 0.15) is 12.8 Å². The van der Waals surface area contributed by atoms with Crippen LogP contribution in [0, 0.1) is 0 Å². The average Bonchev–Trinajstić information content (AvgIpc) is 2.66. The fourth-order valence-corrected chi connectivity index (χ4v) is 1.29. The molecule has 0 radical (unpaired) electrons. The first-order valence-corrected chi connectivity index (χ1v) is 5.30. The third-order valence-corrected chi connectivity index (χ3v) is 2.24. The molecular formula is C10H15NO7. The second-order valence-electron chi connectivity index (χ2n) is 3.55. The number of hydrogen-bond acceptors (Lipinski definition) is 7. The third-order valence-electron chi connectivity index (χ3n) is 2.24. The Bertz CT molecular complexity index is 314. The van der Waals surface area contributed by atoms with E-state index >= 15 is 0 Å². The lowest BCUT2D eigenvalue weighted by atomic mass is 10.4. The van der Waals surface area contributed by atoms with Gasteiger partial charge >= 0.3 is 6.16 Å². The first-order valence-electron chi connectivity index (χ1n) is 5.30. The van der Waals surface area contributed by atoms with E-state index in [1.165, 1.54) is 14.2 Å². The van der Waals surface area contributed by atoms with Crippen LogP contribution in [0.15, 0.2) is 0 Å². The zero-order chi connectivity index (χ0) is 13.5. The van der Waals surface area contributed by atoms with Crippen molar-refractivity contribution in [1.82, 2.24) is 5.06 Å². The molecule has 1 unspecified atom stereocenters. The summed E-state index contributed by atoms with van der Waals surface area (Å²) in [6.45, 7) is 0.144. The molecule has 0 aromatic carbocycles. The van der Waals surface area contributed by atoms with E-state index in [1.807, 2.05) is 0 Å². The van der Waals surface area contributed by atoms with Gasteiger partial charge in [0.05, 0.1) is 6.61 Å². The molecule has 1 aliphatic heterocycles. The smallest absolute Gasteiger partial charge is 0.430 e. The number of hydroxylamine groups is 2. The summed E-state index contributed by atoms with van der Waals surface area (Å²) in [5, 5.41) is 0.417. The molecule has 0 spiro atoms. The van der Waals surface area contributed by atoms with Gasteiger partial charge in [-0.05, 0) is 0 Å². The van der Waals surface area contributed by atoms with E-state index in [0.717, 1.165) is 0 Å². The van der Waals surface area contributed by atoms with Gasteiger partial charge in [-0.3, -0.25) is 14.4 Å². The number of nitrogens with zero attached hydrogens (tertiary/aromatic N) is 1. The topological polar surface area (TPSA) is 91.4 Å². The van der Waals surface area contributed by atoms with Crippen molar-refractivity contribution in [3.8, 4) is 0 Å². The van der Waals surface area contributed by atoms with Crippen molar-refractivity contribution in [2.45, 2.75) is 18.9 Å². The lowest BCUT2D eigenvalue weighted by Gasteiger charge is -2.16. The summed E-state index contributed by atoms with van der Waals surface area (Å²) in [5.74, 6) is -1.12. The Labute approximate surface area is 104 Å². The van der Waals surface area contributed by atoms with E-state index in [2.05, 4.69) is 4.84 Å². The van der Waals surface area contributed by atoms with Gasteiger partial charge in [0.2, 0.25) is 0 Å². The highest BCUT2D eigenvalue weighted by Crippen LogP contribution is 2.12. The molecule has 8 nitrogen and oxygen atoms in total. The second kappa shape index (κ2) is 6.92. The number of hydrogen-bond donors (Lipinski definition) is 0. The molecule has 18 heavy (non-hydrogen) atoms. The fourth-order valence-electron chi connectivity index (χ4n) is 1.29. The van der Waals surface area contributed by atoms with Gasteiger partial charge in [0.15, 0.2) is 0 Å². The van der Waals surface area contributed by atoms with Crippen LogP contribution in [-0.4, -0.2) is 56.6 Å². The monoisotopic (exact) mass is 261 g/mol. The molecule has 0 N–H and O–H groups in total. The van der Waals surface area contributed by atoms with Crippen molar-refractivity contribution in [2.24, 2.45) is 0 Å². The SMILES string of the molecule is COCC(COC(=O)ON1C(=O)CCC1=O)OC. The normalized spacial score (nSPS) is 16.9. The maximum absolute atomic E-state index is 11.2. The van der Waals surface area contributed by atoms with E-state index in [4.69, 9.17) is 14.2 Å². The maximum atomic E-state index is 11.2. The molecule has 2 amide bonds. The molecule has 0 saturated carbocycles. The van der Waals surface area contributed by atoms with Gasteiger partial charge < -0.3 is 14.2 Å². The number of carbonyl (C=O) groups excluding carboxylic acids is 3. The van der Waals surface area contributed by atoms with Crippen LogP contribution in [0.5, 0.6) is 0 Å². The van der Waals surface area contributed by atoms with Crippen molar-refractivity contribution in [1.29, 1.82) is 0 Å². The predicted octanol–water partition coefficient (Wildman–Crippen LogP) is -0.135. The first-order chi connectivity index (χ1) is 8.58. The van der Waals surface area contributed by atoms with Crippen LogP contribution in [0.4, 0.5) is 4.79 Å². The van der Waals surface area contributed by atoms with Crippen LogP contribution in [0.25, 0.3) is 0 Å². The minimum Gasteiger partial charge on any atom is -0.430 e. The van der Waals surface area contributed by atoms with Gasteiger partial charge in [0.25, 0.3) is 11.8 Å². The number of rotatable bonds is 6. The molecule has 0 bridgehead atoms. The molecule has 1 aliphatic rings. The molecule has 1 heterocycles. The van der Waals surface area contributed by atoms with E-state index < -0.39 is 24.1 Å². The number of imide groups is 1. The molecule has 102 valence electrons. The molecule has 0 aromatic heterocycles. The van der Waals surface area contributed by atoms with E-state index in [0.29, 0.717) is 5.06 Å². The lowest BCUT2D eigenvalue weighted by Crippen LogP contribution is -2.34. The number of amides is 2. The highest BCUT2D eigenvalue weighted by Gasteiger charge is 2.33. The van der Waals surface area contributed by atoms with Crippen molar-refractivity contribution in [3.63, 3.8) is 0 Å². The van der Waals surface area contributed by atoms with Crippen molar-refractivity contribution >= 4 is 18.0 Å². The molecule has 1 atom stereocenters. The second-order valence-corrected chi connectivity index (χ2v) is 3.55. The Morgan fingerprint density at radius 2 is 1.83 bits per heavy atom. The quantitative estimate of drug-likeness (QED) is 0.485. The summed E-state index contributed by atoms with van der Waals surface area (Å²) in [6.07, 6.45) is -1.49. The summed E-state index contributed by atoms with van der Waals surface area (Å²) < 4.78 is 14.5. The van der Waals surface area contributed by atoms with Crippen molar-refractivity contribution in [2.75, 3.05) is 27.4 Å². The van der Waals surface area contributed by atoms with E-state index in [9.17, 15) is 14.4 Å². The largest absolute Gasteiger partial charge is 0.534 e. The Balaban J connectivity index is 2.33. The van der Waals surface area contributed by atoms with Crippen LogP contribution < -0.4 is 0 Å². The van der Waals surface area contributed by atoms with Gasteiger partial charge in [0, 0.05) is 27.1 Å². The predicted molar refractivity (Wildman–Crippen MR) is 56.2 cm³/mol. The molecule has 1 rings (SSSR count). The molecule has 8 heteroatoms. The summed E-state index contributed by atoms with van der Waals surface area (Å²) in [5.41, 5.74) is 0. The minimum atomic E-state index is -1.13. The maximum Gasteiger partial charge on any atom is 0.534 e. The molecular weight excluding hydrogens is 246 g/mol. The van der Waals surface area contributed by atoms with E-state index in [1.54, 1.807) is 0 Å². The number of ether oxygens (including phenoxy) is 3. The van der Waals surface area contributed by atoms with Crippen molar-refractivity contribution in [3.05, 3.63) is 0 Å². The Hall–Kier alpha value is -1.67. The lowest BCUT2D eigenvalue weighted by molar-refractivity contribution is -0.178.